The molecule has 4 heteroatoms. The van der Waals surface area contributed by atoms with Gasteiger partial charge in [0.1, 0.15) is 5.01 Å². The Morgan fingerprint density at radius 2 is 2.20 bits per heavy atom. The summed E-state index contributed by atoms with van der Waals surface area (Å²) in [6.45, 7) is 6.26. The van der Waals surface area contributed by atoms with Crippen LogP contribution >= 0.6 is 11.3 Å². The summed E-state index contributed by atoms with van der Waals surface area (Å²) < 4.78 is 0. The van der Waals surface area contributed by atoms with Crippen molar-refractivity contribution < 1.29 is 0 Å². The average Bonchev–Trinajstić information content (AvgIpc) is 2.95. The van der Waals surface area contributed by atoms with Gasteiger partial charge in [0.25, 0.3) is 0 Å². The number of aromatic nitrogens is 1. The minimum atomic E-state index is 0.906. The van der Waals surface area contributed by atoms with Gasteiger partial charge in [-0.25, -0.2) is 4.98 Å². The van der Waals surface area contributed by atoms with Crippen molar-refractivity contribution in [2.75, 3.05) is 19.6 Å². The Labute approximate surface area is 95.3 Å². The third-order valence-electron chi connectivity index (χ3n) is 2.55. The second kappa shape index (κ2) is 5.58. The van der Waals surface area contributed by atoms with Gasteiger partial charge >= 0.3 is 0 Å². The van der Waals surface area contributed by atoms with E-state index in [4.69, 9.17) is 0 Å². The average molecular weight is 225 g/mol. The van der Waals surface area contributed by atoms with Crippen molar-refractivity contribution in [3.05, 3.63) is 16.1 Å². The van der Waals surface area contributed by atoms with Gasteiger partial charge in [-0.05, 0) is 32.2 Å². The first-order chi connectivity index (χ1) is 7.34. The number of rotatable bonds is 7. The normalized spacial score (nSPS) is 15.8. The zero-order valence-electron chi connectivity index (χ0n) is 9.25. The first-order valence-corrected chi connectivity index (χ1v) is 6.55. The van der Waals surface area contributed by atoms with Crippen LogP contribution in [0, 0.1) is 12.8 Å². The molecule has 1 fully saturated rings. The molecule has 0 aromatic carbocycles. The lowest BCUT2D eigenvalue weighted by Gasteiger charge is -2.04. The van der Waals surface area contributed by atoms with E-state index >= 15 is 0 Å². The van der Waals surface area contributed by atoms with Crippen molar-refractivity contribution in [3.63, 3.8) is 0 Å². The van der Waals surface area contributed by atoms with Crippen LogP contribution in [0.4, 0.5) is 0 Å². The molecule has 2 N–H and O–H groups in total. The van der Waals surface area contributed by atoms with Gasteiger partial charge in [-0.3, -0.25) is 0 Å². The van der Waals surface area contributed by atoms with Crippen molar-refractivity contribution in [3.8, 4) is 0 Å². The Morgan fingerprint density at radius 1 is 1.40 bits per heavy atom. The van der Waals surface area contributed by atoms with E-state index < -0.39 is 0 Å². The van der Waals surface area contributed by atoms with E-state index in [1.807, 2.05) is 6.92 Å². The summed E-state index contributed by atoms with van der Waals surface area (Å²) in [4.78, 5) is 4.40. The molecule has 0 aliphatic heterocycles. The standard InChI is InChI=1S/C11H19N3S/c1-9-8-15-11(14-9)7-13-5-4-12-6-10-2-3-10/h8,10,12-13H,2-7H2,1H3. The van der Waals surface area contributed by atoms with Crippen molar-refractivity contribution >= 4 is 11.3 Å². The molecule has 0 amide bonds. The van der Waals surface area contributed by atoms with Gasteiger partial charge < -0.3 is 10.6 Å². The van der Waals surface area contributed by atoms with Crippen LogP contribution in [0.25, 0.3) is 0 Å². The molecule has 2 rings (SSSR count). The molecule has 0 saturated heterocycles. The lowest BCUT2D eigenvalue weighted by Crippen LogP contribution is -2.28. The molecule has 0 unspecified atom stereocenters. The molecule has 0 bridgehead atoms. The zero-order chi connectivity index (χ0) is 10.5. The molecular formula is C11H19N3S. The molecule has 0 spiro atoms. The first-order valence-electron chi connectivity index (χ1n) is 5.67. The van der Waals surface area contributed by atoms with Gasteiger partial charge in [0.15, 0.2) is 0 Å². The largest absolute Gasteiger partial charge is 0.315 e. The molecule has 0 radical (unpaired) electrons. The van der Waals surface area contributed by atoms with Gasteiger partial charge in [0.05, 0.1) is 0 Å². The molecule has 0 atom stereocenters. The topological polar surface area (TPSA) is 37.0 Å². The fourth-order valence-corrected chi connectivity index (χ4v) is 2.23. The minimum Gasteiger partial charge on any atom is -0.315 e. The predicted octanol–water partition coefficient (Wildman–Crippen LogP) is 1.54. The Hall–Kier alpha value is -0.450. The molecule has 1 heterocycles. The van der Waals surface area contributed by atoms with Crippen molar-refractivity contribution in [2.45, 2.75) is 26.3 Å². The van der Waals surface area contributed by atoms with E-state index in [-0.39, 0.29) is 0 Å². The quantitative estimate of drug-likeness (QED) is 0.691. The summed E-state index contributed by atoms with van der Waals surface area (Å²) in [6, 6.07) is 0. The molecule has 15 heavy (non-hydrogen) atoms. The van der Waals surface area contributed by atoms with Gasteiger partial charge in [-0.1, -0.05) is 0 Å². The summed E-state index contributed by atoms with van der Waals surface area (Å²) in [5.41, 5.74) is 1.13. The van der Waals surface area contributed by atoms with E-state index in [2.05, 4.69) is 21.0 Å². The van der Waals surface area contributed by atoms with Crippen molar-refractivity contribution in [1.29, 1.82) is 0 Å². The highest BCUT2D eigenvalue weighted by Gasteiger charge is 2.19. The summed E-state index contributed by atoms with van der Waals surface area (Å²) >= 11 is 1.73. The minimum absolute atomic E-state index is 0.906. The highest BCUT2D eigenvalue weighted by atomic mass is 32.1. The first kappa shape index (κ1) is 11.0. The van der Waals surface area contributed by atoms with Crippen LogP contribution in [-0.4, -0.2) is 24.6 Å². The number of nitrogens with zero attached hydrogens (tertiary/aromatic N) is 1. The molecule has 1 aliphatic carbocycles. The number of hydrogen-bond donors (Lipinski definition) is 2. The van der Waals surface area contributed by atoms with E-state index in [1.54, 1.807) is 11.3 Å². The van der Waals surface area contributed by atoms with Gasteiger partial charge in [0, 0.05) is 30.7 Å². The molecule has 3 nitrogen and oxygen atoms in total. The monoisotopic (exact) mass is 225 g/mol. The molecule has 1 aliphatic rings. The number of hydrogen-bond acceptors (Lipinski definition) is 4. The summed E-state index contributed by atoms with van der Waals surface area (Å²) in [5.74, 6) is 0.978. The third kappa shape index (κ3) is 4.28. The second-order valence-corrected chi connectivity index (χ2v) is 5.15. The molecule has 84 valence electrons. The highest BCUT2D eigenvalue weighted by molar-refractivity contribution is 7.09. The van der Waals surface area contributed by atoms with Gasteiger partial charge in [0.2, 0.25) is 0 Å². The van der Waals surface area contributed by atoms with Gasteiger partial charge in [-0.2, -0.15) is 0 Å². The molecule has 1 saturated carbocycles. The number of aryl methyl sites for hydroxylation is 1. The second-order valence-electron chi connectivity index (χ2n) is 4.21. The Bertz CT molecular complexity index is 294. The zero-order valence-corrected chi connectivity index (χ0v) is 10.1. The summed E-state index contributed by atoms with van der Waals surface area (Å²) in [6.07, 6.45) is 2.86. The van der Waals surface area contributed by atoms with E-state index in [0.29, 0.717) is 0 Å². The van der Waals surface area contributed by atoms with E-state index in [0.717, 1.165) is 31.2 Å². The van der Waals surface area contributed by atoms with Crippen LogP contribution in [0.2, 0.25) is 0 Å². The van der Waals surface area contributed by atoms with Gasteiger partial charge in [-0.15, -0.1) is 11.3 Å². The predicted molar refractivity (Wildman–Crippen MR) is 64.2 cm³/mol. The van der Waals surface area contributed by atoms with Crippen LogP contribution in [0.15, 0.2) is 5.38 Å². The van der Waals surface area contributed by atoms with Crippen LogP contribution in [0.5, 0.6) is 0 Å². The summed E-state index contributed by atoms with van der Waals surface area (Å²) in [7, 11) is 0. The van der Waals surface area contributed by atoms with Crippen molar-refractivity contribution in [2.24, 2.45) is 5.92 Å². The van der Waals surface area contributed by atoms with Crippen LogP contribution in [-0.2, 0) is 6.54 Å². The lowest BCUT2D eigenvalue weighted by atomic mass is 10.4. The van der Waals surface area contributed by atoms with E-state index in [9.17, 15) is 0 Å². The summed E-state index contributed by atoms with van der Waals surface area (Å²) in [5, 5.41) is 10.1. The SMILES string of the molecule is Cc1csc(CNCCNCC2CC2)n1. The lowest BCUT2D eigenvalue weighted by molar-refractivity contribution is 0.588. The maximum Gasteiger partial charge on any atom is 0.107 e. The highest BCUT2D eigenvalue weighted by Crippen LogP contribution is 2.27. The smallest absolute Gasteiger partial charge is 0.107 e. The molecule has 1 aromatic heterocycles. The van der Waals surface area contributed by atoms with Crippen LogP contribution in [0.3, 0.4) is 0 Å². The maximum atomic E-state index is 4.40. The fraction of sp³-hybridized carbons (Fsp3) is 0.727. The maximum absolute atomic E-state index is 4.40. The van der Waals surface area contributed by atoms with Crippen LogP contribution < -0.4 is 10.6 Å². The fourth-order valence-electron chi connectivity index (χ4n) is 1.48. The van der Waals surface area contributed by atoms with Crippen LogP contribution in [0.1, 0.15) is 23.5 Å². The molecular weight excluding hydrogens is 206 g/mol. The van der Waals surface area contributed by atoms with E-state index in [1.165, 1.54) is 24.4 Å². The Morgan fingerprint density at radius 3 is 2.87 bits per heavy atom. The number of nitrogens with one attached hydrogen (secondary N) is 2. The molecule has 1 aromatic rings. The Kier molecular flexibility index (Phi) is 4.11. The van der Waals surface area contributed by atoms with Crippen molar-refractivity contribution in [1.82, 2.24) is 15.6 Å². The Balaban J connectivity index is 1.47. The number of thiazole rings is 1. The third-order valence-corrected chi connectivity index (χ3v) is 3.52.